The molecule has 1 atom stereocenters. The van der Waals surface area contributed by atoms with Crippen LogP contribution < -0.4 is 0 Å². The Labute approximate surface area is 162 Å². The Morgan fingerprint density at radius 2 is 1.81 bits per heavy atom. The molecule has 27 heavy (non-hydrogen) atoms. The van der Waals surface area contributed by atoms with Gasteiger partial charge in [-0.2, -0.15) is 0 Å². The Hall–Kier alpha value is -1.46. The van der Waals surface area contributed by atoms with Crippen LogP contribution in [0.2, 0.25) is 0 Å². The summed E-state index contributed by atoms with van der Waals surface area (Å²) in [7, 11) is 0. The number of aliphatic hydroxyl groups is 1. The predicted octanol–water partition coefficient (Wildman–Crippen LogP) is 3.44. The smallest absolute Gasteiger partial charge is 0.225 e. The number of halogens is 1. The van der Waals surface area contributed by atoms with Crippen molar-refractivity contribution in [2.45, 2.75) is 64.6 Å². The molecule has 1 N–H and O–H groups in total. The van der Waals surface area contributed by atoms with Crippen molar-refractivity contribution in [1.82, 2.24) is 9.80 Å². The Kier molecular flexibility index (Phi) is 6.88. The third-order valence-electron chi connectivity index (χ3n) is 6.18. The van der Waals surface area contributed by atoms with Gasteiger partial charge in [-0.3, -0.25) is 9.69 Å². The number of carbonyl (C=O) groups is 1. The van der Waals surface area contributed by atoms with Crippen molar-refractivity contribution in [3.8, 4) is 0 Å². The van der Waals surface area contributed by atoms with E-state index < -0.39 is 0 Å². The summed E-state index contributed by atoms with van der Waals surface area (Å²) in [6.45, 7) is 7.74. The van der Waals surface area contributed by atoms with Gasteiger partial charge in [0.25, 0.3) is 0 Å². The van der Waals surface area contributed by atoms with Gasteiger partial charge in [-0.05, 0) is 55.7 Å². The maximum atomic E-state index is 13.2. The summed E-state index contributed by atoms with van der Waals surface area (Å²) in [5, 5.41) is 9.72. The van der Waals surface area contributed by atoms with Crippen molar-refractivity contribution in [2.75, 3.05) is 19.6 Å². The van der Waals surface area contributed by atoms with Gasteiger partial charge in [0.05, 0.1) is 6.10 Å². The molecule has 0 unspecified atom stereocenters. The van der Waals surface area contributed by atoms with Crippen LogP contribution in [0.5, 0.6) is 0 Å². The summed E-state index contributed by atoms with van der Waals surface area (Å²) in [6, 6.07) is 7.05. The Balaban J connectivity index is 1.67. The maximum absolute atomic E-state index is 13.2. The number of aliphatic hydroxyl groups excluding tert-OH is 1. The molecule has 0 radical (unpaired) electrons. The van der Waals surface area contributed by atoms with Gasteiger partial charge >= 0.3 is 0 Å². The van der Waals surface area contributed by atoms with Gasteiger partial charge in [-0.15, -0.1) is 0 Å². The van der Waals surface area contributed by atoms with Gasteiger partial charge in [0.1, 0.15) is 5.82 Å². The quantitative estimate of drug-likeness (QED) is 0.875. The minimum atomic E-state index is -0.229. The Morgan fingerprint density at radius 1 is 1.15 bits per heavy atom. The second kappa shape index (κ2) is 9.16. The SMILES string of the molecule is CC(C)[C@@H]1CN(C(=O)C2CCC(O)CC2)CCCN1Cc1ccc(F)cc1. The van der Waals surface area contributed by atoms with Crippen molar-refractivity contribution in [1.29, 1.82) is 0 Å². The maximum Gasteiger partial charge on any atom is 0.225 e. The number of amides is 1. The fourth-order valence-electron chi connectivity index (χ4n) is 4.50. The van der Waals surface area contributed by atoms with E-state index in [2.05, 4.69) is 23.6 Å². The summed E-state index contributed by atoms with van der Waals surface area (Å²) >= 11 is 0. The zero-order valence-corrected chi connectivity index (χ0v) is 16.6. The first kappa shape index (κ1) is 20.3. The average molecular weight is 377 g/mol. The molecule has 1 aliphatic heterocycles. The van der Waals surface area contributed by atoms with Gasteiger partial charge in [-0.25, -0.2) is 4.39 Å². The summed E-state index contributed by atoms with van der Waals surface area (Å²) in [5.74, 6) is 0.581. The van der Waals surface area contributed by atoms with Crippen LogP contribution in [-0.2, 0) is 11.3 Å². The largest absolute Gasteiger partial charge is 0.393 e. The number of hydrogen-bond donors (Lipinski definition) is 1. The molecule has 4 nitrogen and oxygen atoms in total. The molecule has 1 aliphatic carbocycles. The molecular formula is C22H33FN2O2. The Bertz CT molecular complexity index is 611. The molecule has 1 aromatic carbocycles. The number of benzene rings is 1. The zero-order valence-electron chi connectivity index (χ0n) is 16.6. The number of rotatable bonds is 4. The average Bonchev–Trinajstić information content (AvgIpc) is 2.86. The molecular weight excluding hydrogens is 343 g/mol. The van der Waals surface area contributed by atoms with Crippen molar-refractivity contribution in [3.05, 3.63) is 35.6 Å². The molecule has 1 saturated carbocycles. The number of carbonyl (C=O) groups excluding carboxylic acids is 1. The first-order chi connectivity index (χ1) is 12.9. The van der Waals surface area contributed by atoms with E-state index >= 15 is 0 Å². The highest BCUT2D eigenvalue weighted by molar-refractivity contribution is 5.79. The van der Waals surface area contributed by atoms with Gasteiger partial charge < -0.3 is 10.0 Å². The van der Waals surface area contributed by atoms with Gasteiger partial charge in [-0.1, -0.05) is 26.0 Å². The van der Waals surface area contributed by atoms with Crippen LogP contribution in [0.25, 0.3) is 0 Å². The topological polar surface area (TPSA) is 43.8 Å². The third-order valence-corrected chi connectivity index (χ3v) is 6.18. The molecule has 1 aromatic rings. The van der Waals surface area contributed by atoms with E-state index in [1.165, 1.54) is 12.1 Å². The molecule has 1 saturated heterocycles. The highest BCUT2D eigenvalue weighted by atomic mass is 19.1. The molecule has 0 spiro atoms. The van der Waals surface area contributed by atoms with Crippen LogP contribution >= 0.6 is 0 Å². The predicted molar refractivity (Wildman–Crippen MR) is 105 cm³/mol. The normalized spacial score (nSPS) is 27.6. The standard InChI is InChI=1S/C22H33FN2O2/c1-16(2)21-15-25(22(27)18-6-10-20(26)11-7-18)13-3-12-24(21)14-17-4-8-19(23)9-5-17/h4-5,8-9,16,18,20-21,26H,3,6-7,10-15H2,1-2H3/t18?,20?,21-/m0/s1. The summed E-state index contributed by atoms with van der Waals surface area (Å²) in [6.07, 6.45) is 3.84. The highest BCUT2D eigenvalue weighted by Gasteiger charge is 2.33. The van der Waals surface area contributed by atoms with E-state index in [4.69, 9.17) is 0 Å². The first-order valence-electron chi connectivity index (χ1n) is 10.4. The lowest BCUT2D eigenvalue weighted by atomic mass is 9.86. The van der Waals surface area contributed by atoms with Crippen LogP contribution in [0.1, 0.15) is 51.5 Å². The molecule has 0 bridgehead atoms. The minimum Gasteiger partial charge on any atom is -0.393 e. The van der Waals surface area contributed by atoms with Crippen LogP contribution in [0.3, 0.4) is 0 Å². The van der Waals surface area contributed by atoms with Crippen LogP contribution in [0.15, 0.2) is 24.3 Å². The second-order valence-electron chi connectivity index (χ2n) is 8.55. The lowest BCUT2D eigenvalue weighted by Gasteiger charge is -2.36. The minimum absolute atomic E-state index is 0.0739. The summed E-state index contributed by atoms with van der Waals surface area (Å²) in [5.41, 5.74) is 1.11. The van der Waals surface area contributed by atoms with E-state index in [-0.39, 0.29) is 23.7 Å². The molecule has 1 amide bonds. The van der Waals surface area contributed by atoms with Crippen molar-refractivity contribution >= 4 is 5.91 Å². The van der Waals surface area contributed by atoms with Gasteiger partial charge in [0.15, 0.2) is 0 Å². The molecule has 150 valence electrons. The Morgan fingerprint density at radius 3 is 2.44 bits per heavy atom. The van der Waals surface area contributed by atoms with E-state index in [1.54, 1.807) is 0 Å². The van der Waals surface area contributed by atoms with Crippen molar-refractivity contribution in [3.63, 3.8) is 0 Å². The van der Waals surface area contributed by atoms with Crippen LogP contribution in [0.4, 0.5) is 4.39 Å². The summed E-state index contributed by atoms with van der Waals surface area (Å²) < 4.78 is 13.2. The van der Waals surface area contributed by atoms with Gasteiger partial charge in [0.2, 0.25) is 5.91 Å². The second-order valence-corrected chi connectivity index (χ2v) is 8.55. The molecule has 5 heteroatoms. The van der Waals surface area contributed by atoms with E-state index in [9.17, 15) is 14.3 Å². The fraction of sp³-hybridized carbons (Fsp3) is 0.682. The highest BCUT2D eigenvalue weighted by Crippen LogP contribution is 2.28. The first-order valence-corrected chi connectivity index (χ1v) is 10.4. The van der Waals surface area contributed by atoms with E-state index in [0.29, 0.717) is 12.0 Å². The summed E-state index contributed by atoms with van der Waals surface area (Å²) in [4.78, 5) is 17.6. The van der Waals surface area contributed by atoms with Crippen molar-refractivity contribution in [2.24, 2.45) is 11.8 Å². The molecule has 0 aromatic heterocycles. The van der Waals surface area contributed by atoms with Gasteiger partial charge in [0, 0.05) is 38.1 Å². The molecule has 1 heterocycles. The number of hydrogen-bond acceptors (Lipinski definition) is 3. The molecule has 2 fully saturated rings. The molecule has 3 rings (SSSR count). The zero-order chi connectivity index (χ0) is 19.4. The van der Waals surface area contributed by atoms with E-state index in [0.717, 1.165) is 63.8 Å². The number of nitrogens with zero attached hydrogens (tertiary/aromatic N) is 2. The lowest BCUT2D eigenvalue weighted by molar-refractivity contribution is -0.137. The third kappa shape index (κ3) is 5.29. The van der Waals surface area contributed by atoms with Crippen LogP contribution in [-0.4, -0.2) is 52.6 Å². The van der Waals surface area contributed by atoms with Crippen LogP contribution in [0, 0.1) is 17.7 Å². The monoisotopic (exact) mass is 376 g/mol. The van der Waals surface area contributed by atoms with E-state index in [1.807, 2.05) is 12.1 Å². The van der Waals surface area contributed by atoms with Crippen molar-refractivity contribution < 1.29 is 14.3 Å². The lowest BCUT2D eigenvalue weighted by Crippen LogP contribution is -2.47. The molecule has 2 aliphatic rings. The fourth-order valence-corrected chi connectivity index (χ4v) is 4.50.